The van der Waals surface area contributed by atoms with Crippen LogP contribution in [0.5, 0.6) is 0 Å². The molecule has 6 rings (SSSR count). The molecule has 31 heavy (non-hydrogen) atoms. The molecule has 4 aliphatic carbocycles. The molecule has 0 aromatic carbocycles. The highest BCUT2D eigenvalue weighted by molar-refractivity contribution is 6.06. The predicted molar refractivity (Wildman–Crippen MR) is 122 cm³/mol. The Hall–Kier alpha value is -2.64. The largest absolute Gasteiger partial charge is 0.390 e. The van der Waals surface area contributed by atoms with Crippen molar-refractivity contribution in [2.75, 3.05) is 11.9 Å². The lowest BCUT2D eigenvalue weighted by Gasteiger charge is -2.58. The molecule has 6 N–H and O–H groups in total. The third kappa shape index (κ3) is 3.46. The molecule has 4 bridgehead atoms. The van der Waals surface area contributed by atoms with Crippen LogP contribution in [0.4, 0.5) is 5.69 Å². The van der Waals surface area contributed by atoms with Gasteiger partial charge in [0.15, 0.2) is 0 Å². The van der Waals surface area contributed by atoms with Crippen molar-refractivity contribution in [1.82, 2.24) is 15.3 Å². The number of fused-ring (bicyclic) bond motifs is 1. The fourth-order valence-electron chi connectivity index (χ4n) is 6.28. The van der Waals surface area contributed by atoms with E-state index in [1.165, 1.54) is 0 Å². The van der Waals surface area contributed by atoms with Crippen LogP contribution < -0.4 is 16.4 Å². The molecule has 2 aromatic rings. The zero-order valence-electron chi connectivity index (χ0n) is 17.7. The molecule has 2 atom stereocenters. The minimum atomic E-state index is -0.869. The number of aromatic amines is 1. The SMILES string of the molecule is C=CC(N)(C=C)CNC(=O)c1cnc2[nH]ccc2c1NC1C2CC3CC1CC(O)(C3)C2. The maximum atomic E-state index is 13.1. The molecular formula is C24H31N5O2. The first-order chi connectivity index (χ1) is 14.8. The van der Waals surface area contributed by atoms with Gasteiger partial charge < -0.3 is 26.5 Å². The van der Waals surface area contributed by atoms with E-state index < -0.39 is 11.1 Å². The van der Waals surface area contributed by atoms with Crippen LogP contribution in [0.3, 0.4) is 0 Å². The van der Waals surface area contributed by atoms with E-state index in [0.29, 0.717) is 23.3 Å². The summed E-state index contributed by atoms with van der Waals surface area (Å²) in [5, 5.41) is 18.5. The van der Waals surface area contributed by atoms with Gasteiger partial charge in [-0.05, 0) is 55.9 Å². The fraction of sp³-hybridized carbons (Fsp3) is 0.500. The smallest absolute Gasteiger partial charge is 0.255 e. The number of aliphatic hydroxyl groups is 1. The van der Waals surface area contributed by atoms with E-state index in [1.807, 2.05) is 12.3 Å². The lowest BCUT2D eigenvalue weighted by atomic mass is 9.52. The van der Waals surface area contributed by atoms with Crippen LogP contribution in [0.25, 0.3) is 11.0 Å². The highest BCUT2D eigenvalue weighted by atomic mass is 16.3. The van der Waals surface area contributed by atoms with E-state index in [4.69, 9.17) is 5.73 Å². The summed E-state index contributed by atoms with van der Waals surface area (Å²) >= 11 is 0. The zero-order chi connectivity index (χ0) is 21.8. The highest BCUT2D eigenvalue weighted by Crippen LogP contribution is 2.56. The van der Waals surface area contributed by atoms with Crippen molar-refractivity contribution in [3.05, 3.63) is 49.3 Å². The predicted octanol–water partition coefficient (Wildman–Crippen LogP) is 2.71. The van der Waals surface area contributed by atoms with Crippen molar-refractivity contribution < 1.29 is 9.90 Å². The van der Waals surface area contributed by atoms with Gasteiger partial charge in [0.05, 0.1) is 22.4 Å². The highest BCUT2D eigenvalue weighted by Gasteiger charge is 2.54. The van der Waals surface area contributed by atoms with Crippen LogP contribution in [-0.2, 0) is 0 Å². The number of rotatable bonds is 7. The minimum absolute atomic E-state index is 0.201. The quantitative estimate of drug-likeness (QED) is 0.441. The van der Waals surface area contributed by atoms with Crippen LogP contribution >= 0.6 is 0 Å². The van der Waals surface area contributed by atoms with Gasteiger partial charge in [0.1, 0.15) is 5.65 Å². The van der Waals surface area contributed by atoms with Gasteiger partial charge in [-0.25, -0.2) is 4.98 Å². The molecular weight excluding hydrogens is 390 g/mol. The molecule has 2 aromatic heterocycles. The molecule has 4 saturated carbocycles. The van der Waals surface area contributed by atoms with Crippen molar-refractivity contribution >= 4 is 22.6 Å². The Labute approximate surface area is 182 Å². The second-order valence-electron chi connectivity index (χ2n) is 9.85. The Morgan fingerprint density at radius 1 is 1.32 bits per heavy atom. The van der Waals surface area contributed by atoms with Crippen molar-refractivity contribution in [2.24, 2.45) is 23.5 Å². The number of anilines is 1. The van der Waals surface area contributed by atoms with Crippen molar-refractivity contribution in [3.63, 3.8) is 0 Å². The van der Waals surface area contributed by atoms with Gasteiger partial charge in [-0.15, -0.1) is 13.2 Å². The number of pyridine rings is 1. The number of carbonyl (C=O) groups excluding carboxylic acids is 1. The second-order valence-corrected chi connectivity index (χ2v) is 9.85. The molecule has 0 saturated heterocycles. The molecule has 1 amide bonds. The van der Waals surface area contributed by atoms with E-state index in [2.05, 4.69) is 33.8 Å². The maximum absolute atomic E-state index is 13.1. The Morgan fingerprint density at radius 3 is 2.68 bits per heavy atom. The summed E-state index contributed by atoms with van der Waals surface area (Å²) in [6.07, 6.45) is 11.5. The molecule has 7 nitrogen and oxygen atoms in total. The fourth-order valence-corrected chi connectivity index (χ4v) is 6.28. The Bertz CT molecular complexity index is 1020. The van der Waals surface area contributed by atoms with E-state index in [1.54, 1.807) is 18.3 Å². The van der Waals surface area contributed by atoms with Gasteiger partial charge in [-0.1, -0.05) is 12.2 Å². The van der Waals surface area contributed by atoms with E-state index in [9.17, 15) is 9.90 Å². The number of nitrogens with one attached hydrogen (secondary N) is 3. The molecule has 4 aliphatic rings. The third-order valence-corrected chi connectivity index (χ3v) is 7.70. The number of carbonyl (C=O) groups is 1. The van der Waals surface area contributed by atoms with E-state index in [0.717, 1.165) is 48.8 Å². The molecule has 164 valence electrons. The topological polar surface area (TPSA) is 116 Å². The molecule has 7 heteroatoms. The van der Waals surface area contributed by atoms with Crippen LogP contribution in [0.2, 0.25) is 0 Å². The van der Waals surface area contributed by atoms with Gasteiger partial charge in [-0.3, -0.25) is 4.79 Å². The molecule has 2 unspecified atom stereocenters. The Kier molecular flexibility index (Phi) is 4.71. The molecule has 4 fully saturated rings. The first-order valence-electron chi connectivity index (χ1n) is 11.1. The van der Waals surface area contributed by atoms with Crippen molar-refractivity contribution in [3.8, 4) is 0 Å². The summed E-state index contributed by atoms with van der Waals surface area (Å²) in [6, 6.07) is 2.20. The molecule has 0 aliphatic heterocycles. The number of H-pyrrole nitrogens is 1. The lowest BCUT2D eigenvalue weighted by Crippen LogP contribution is -2.59. The lowest BCUT2D eigenvalue weighted by molar-refractivity contribution is -0.129. The maximum Gasteiger partial charge on any atom is 0.255 e. The Morgan fingerprint density at radius 2 is 2.03 bits per heavy atom. The van der Waals surface area contributed by atoms with Crippen molar-refractivity contribution in [1.29, 1.82) is 0 Å². The monoisotopic (exact) mass is 421 g/mol. The minimum Gasteiger partial charge on any atom is -0.390 e. The first-order valence-corrected chi connectivity index (χ1v) is 11.1. The number of hydrogen-bond acceptors (Lipinski definition) is 5. The van der Waals surface area contributed by atoms with E-state index >= 15 is 0 Å². The van der Waals surface area contributed by atoms with Gasteiger partial charge in [-0.2, -0.15) is 0 Å². The molecule has 0 radical (unpaired) electrons. The van der Waals surface area contributed by atoms with Crippen molar-refractivity contribution in [2.45, 2.75) is 49.3 Å². The van der Waals surface area contributed by atoms with Gasteiger partial charge in [0, 0.05) is 30.4 Å². The number of nitrogens with zero attached hydrogens (tertiary/aromatic N) is 1. The van der Waals surface area contributed by atoms with Crippen LogP contribution in [0.1, 0.15) is 42.5 Å². The number of aromatic nitrogens is 2. The average molecular weight is 422 g/mol. The first kappa shape index (κ1) is 20.3. The summed E-state index contributed by atoms with van der Waals surface area (Å²) in [5.74, 6) is 1.24. The normalized spacial score (nSPS) is 31.5. The molecule has 2 heterocycles. The summed E-state index contributed by atoms with van der Waals surface area (Å²) < 4.78 is 0. The summed E-state index contributed by atoms with van der Waals surface area (Å²) in [7, 11) is 0. The molecule has 0 spiro atoms. The van der Waals surface area contributed by atoms with Crippen LogP contribution in [0.15, 0.2) is 43.8 Å². The standard InChI is InChI=1S/C24H31N5O2/c1-3-23(25,4-2)13-28-22(30)18-12-27-21-17(5-6-26-21)20(18)29-19-15-7-14-8-16(19)11-24(31,9-14)10-15/h3-6,12,14-16,19,31H,1-2,7-11,13,25H2,(H,28,30)(H2,26,27,29). The van der Waals surface area contributed by atoms with Crippen LogP contribution in [-0.4, -0.2) is 44.7 Å². The average Bonchev–Trinajstić information content (AvgIpc) is 3.22. The van der Waals surface area contributed by atoms with Gasteiger partial charge in [0.25, 0.3) is 5.91 Å². The van der Waals surface area contributed by atoms with Gasteiger partial charge >= 0.3 is 0 Å². The number of hydrogen-bond donors (Lipinski definition) is 5. The van der Waals surface area contributed by atoms with Gasteiger partial charge in [0.2, 0.25) is 0 Å². The zero-order valence-corrected chi connectivity index (χ0v) is 17.7. The summed E-state index contributed by atoms with van der Waals surface area (Å²) in [6.45, 7) is 7.67. The second kappa shape index (κ2) is 7.21. The summed E-state index contributed by atoms with van der Waals surface area (Å²) in [4.78, 5) is 20.7. The number of amides is 1. The van der Waals surface area contributed by atoms with E-state index in [-0.39, 0.29) is 18.5 Å². The number of nitrogens with two attached hydrogens (primary N) is 1. The third-order valence-electron chi connectivity index (χ3n) is 7.70. The Balaban J connectivity index is 1.44. The summed E-state index contributed by atoms with van der Waals surface area (Å²) in [5.41, 5.74) is 6.84. The van der Waals surface area contributed by atoms with Crippen LogP contribution in [0, 0.1) is 17.8 Å².